The molecule has 1 fully saturated rings. The van der Waals surface area contributed by atoms with Gasteiger partial charge in [-0.3, -0.25) is 4.79 Å². The van der Waals surface area contributed by atoms with E-state index in [1.54, 1.807) is 0 Å². The first-order chi connectivity index (χ1) is 8.27. The van der Waals surface area contributed by atoms with Gasteiger partial charge in [0.15, 0.2) is 0 Å². The van der Waals surface area contributed by atoms with Crippen LogP contribution in [0.25, 0.3) is 0 Å². The van der Waals surface area contributed by atoms with Crippen molar-refractivity contribution < 1.29 is 9.53 Å². The van der Waals surface area contributed by atoms with Gasteiger partial charge in [-0.15, -0.1) is 0 Å². The van der Waals surface area contributed by atoms with Gasteiger partial charge in [-0.2, -0.15) is 0 Å². The molecule has 0 saturated carbocycles. The number of nitrogens with one attached hydrogen (secondary N) is 1. The molecular weight excluding hydrogens is 216 g/mol. The monoisotopic (exact) mass is 234 g/mol. The molecule has 0 amide bonds. The predicted octanol–water partition coefficient (Wildman–Crippen LogP) is 0.667. The van der Waals surface area contributed by atoms with Gasteiger partial charge < -0.3 is 15.8 Å². The van der Waals surface area contributed by atoms with Crippen LogP contribution < -0.4 is 11.1 Å². The standard InChI is InChI=1S/C13H18N2O2/c14-12(11-6-7-15-8-11)13(16)17-9-10-4-2-1-3-5-10/h1-5,11-12,15H,6-9,14H2/t11-,12-/m0/s1. The number of rotatable bonds is 4. The first-order valence-corrected chi connectivity index (χ1v) is 5.94. The molecule has 1 aliphatic heterocycles. The van der Waals surface area contributed by atoms with Crippen LogP contribution in [0.1, 0.15) is 12.0 Å². The van der Waals surface area contributed by atoms with Crippen molar-refractivity contribution in [3.05, 3.63) is 35.9 Å². The summed E-state index contributed by atoms with van der Waals surface area (Å²) in [5.74, 6) is -0.0965. The Hall–Kier alpha value is -1.39. The van der Waals surface area contributed by atoms with E-state index in [0.717, 1.165) is 25.1 Å². The Labute approximate surface area is 101 Å². The van der Waals surface area contributed by atoms with E-state index in [1.807, 2.05) is 30.3 Å². The van der Waals surface area contributed by atoms with E-state index in [2.05, 4.69) is 5.32 Å². The zero-order valence-corrected chi connectivity index (χ0v) is 9.76. The van der Waals surface area contributed by atoms with E-state index in [4.69, 9.17) is 10.5 Å². The minimum atomic E-state index is -0.506. The number of carbonyl (C=O) groups excluding carboxylic acids is 1. The van der Waals surface area contributed by atoms with Gasteiger partial charge in [0, 0.05) is 6.54 Å². The Kier molecular flexibility index (Phi) is 4.12. The lowest BCUT2D eigenvalue weighted by Crippen LogP contribution is -2.40. The average Bonchev–Trinajstić information content (AvgIpc) is 2.90. The third kappa shape index (κ3) is 3.28. The van der Waals surface area contributed by atoms with Gasteiger partial charge in [-0.25, -0.2) is 0 Å². The van der Waals surface area contributed by atoms with Crippen LogP contribution in [0, 0.1) is 5.92 Å². The molecule has 0 aromatic heterocycles. The van der Waals surface area contributed by atoms with Crippen molar-refractivity contribution in [1.82, 2.24) is 5.32 Å². The highest BCUT2D eigenvalue weighted by molar-refractivity contribution is 5.76. The van der Waals surface area contributed by atoms with Gasteiger partial charge in [0.05, 0.1) is 0 Å². The van der Waals surface area contributed by atoms with E-state index in [1.165, 1.54) is 0 Å². The van der Waals surface area contributed by atoms with Crippen LogP contribution in [0.3, 0.4) is 0 Å². The quantitative estimate of drug-likeness (QED) is 0.751. The van der Waals surface area contributed by atoms with E-state index in [0.29, 0.717) is 6.61 Å². The summed E-state index contributed by atoms with van der Waals surface area (Å²) >= 11 is 0. The molecule has 1 aliphatic rings. The Morgan fingerprint density at radius 2 is 2.24 bits per heavy atom. The minimum Gasteiger partial charge on any atom is -0.460 e. The molecule has 92 valence electrons. The van der Waals surface area contributed by atoms with Crippen molar-refractivity contribution in [2.75, 3.05) is 13.1 Å². The molecule has 1 aromatic carbocycles. The molecule has 2 rings (SSSR count). The molecule has 2 atom stereocenters. The molecule has 1 saturated heterocycles. The summed E-state index contributed by atoms with van der Waals surface area (Å²) < 4.78 is 5.21. The Bertz CT molecular complexity index is 361. The van der Waals surface area contributed by atoms with Crippen LogP contribution in [0.15, 0.2) is 30.3 Å². The summed E-state index contributed by atoms with van der Waals surface area (Å²) in [5.41, 5.74) is 6.86. The van der Waals surface area contributed by atoms with Gasteiger partial charge in [0.2, 0.25) is 0 Å². The molecule has 0 bridgehead atoms. The molecule has 0 aliphatic carbocycles. The summed E-state index contributed by atoms with van der Waals surface area (Å²) in [5, 5.41) is 3.19. The van der Waals surface area contributed by atoms with Gasteiger partial charge in [0.25, 0.3) is 0 Å². The predicted molar refractivity (Wildman–Crippen MR) is 65.2 cm³/mol. The summed E-state index contributed by atoms with van der Waals surface area (Å²) in [6.45, 7) is 2.04. The smallest absolute Gasteiger partial charge is 0.323 e. The van der Waals surface area contributed by atoms with Crippen molar-refractivity contribution in [2.24, 2.45) is 11.7 Å². The second-order valence-corrected chi connectivity index (χ2v) is 4.37. The van der Waals surface area contributed by atoms with E-state index in [-0.39, 0.29) is 11.9 Å². The van der Waals surface area contributed by atoms with E-state index >= 15 is 0 Å². The second-order valence-electron chi connectivity index (χ2n) is 4.37. The highest BCUT2D eigenvalue weighted by atomic mass is 16.5. The van der Waals surface area contributed by atoms with Crippen LogP contribution >= 0.6 is 0 Å². The lowest BCUT2D eigenvalue weighted by molar-refractivity contribution is -0.147. The SMILES string of the molecule is N[C@H](C(=O)OCc1ccccc1)[C@H]1CCNC1. The topological polar surface area (TPSA) is 64.4 Å². The first kappa shape index (κ1) is 12.1. The molecule has 1 aromatic rings. The van der Waals surface area contributed by atoms with Crippen molar-refractivity contribution in [3.8, 4) is 0 Å². The first-order valence-electron chi connectivity index (χ1n) is 5.94. The van der Waals surface area contributed by atoms with Gasteiger partial charge >= 0.3 is 5.97 Å². The fraction of sp³-hybridized carbons (Fsp3) is 0.462. The Balaban J connectivity index is 1.80. The number of esters is 1. The van der Waals surface area contributed by atoms with Crippen molar-refractivity contribution in [2.45, 2.75) is 19.1 Å². The Morgan fingerprint density at radius 3 is 2.88 bits per heavy atom. The molecule has 0 radical (unpaired) electrons. The maximum atomic E-state index is 11.7. The van der Waals surface area contributed by atoms with E-state index < -0.39 is 6.04 Å². The molecule has 4 heteroatoms. The van der Waals surface area contributed by atoms with Crippen molar-refractivity contribution in [1.29, 1.82) is 0 Å². The molecular formula is C13H18N2O2. The lowest BCUT2D eigenvalue weighted by Gasteiger charge is -2.16. The highest BCUT2D eigenvalue weighted by Gasteiger charge is 2.28. The summed E-state index contributed by atoms with van der Waals surface area (Å²) in [4.78, 5) is 11.7. The average molecular weight is 234 g/mol. The highest BCUT2D eigenvalue weighted by Crippen LogP contribution is 2.13. The number of benzene rings is 1. The van der Waals surface area contributed by atoms with Gasteiger partial charge in [0.1, 0.15) is 12.6 Å². The zero-order valence-electron chi connectivity index (χ0n) is 9.76. The number of hydrogen-bond donors (Lipinski definition) is 2. The maximum absolute atomic E-state index is 11.7. The molecule has 0 unspecified atom stereocenters. The van der Waals surface area contributed by atoms with Crippen LogP contribution in [0.5, 0.6) is 0 Å². The normalized spacial score (nSPS) is 21.1. The number of hydrogen-bond acceptors (Lipinski definition) is 4. The van der Waals surface area contributed by atoms with Gasteiger partial charge in [-0.05, 0) is 24.4 Å². The fourth-order valence-electron chi connectivity index (χ4n) is 2.00. The fourth-order valence-corrected chi connectivity index (χ4v) is 2.00. The van der Waals surface area contributed by atoms with Gasteiger partial charge in [-0.1, -0.05) is 30.3 Å². The summed E-state index contributed by atoms with van der Waals surface area (Å²) in [7, 11) is 0. The molecule has 17 heavy (non-hydrogen) atoms. The third-order valence-electron chi connectivity index (χ3n) is 3.10. The zero-order chi connectivity index (χ0) is 12.1. The van der Waals surface area contributed by atoms with Crippen molar-refractivity contribution >= 4 is 5.97 Å². The van der Waals surface area contributed by atoms with Crippen molar-refractivity contribution in [3.63, 3.8) is 0 Å². The Morgan fingerprint density at radius 1 is 1.47 bits per heavy atom. The summed E-state index contributed by atoms with van der Waals surface area (Å²) in [6, 6.07) is 9.12. The second kappa shape index (κ2) is 5.80. The largest absolute Gasteiger partial charge is 0.460 e. The van der Waals surface area contributed by atoms with Crippen LogP contribution in [0.4, 0.5) is 0 Å². The molecule has 3 N–H and O–H groups in total. The minimum absolute atomic E-state index is 0.207. The lowest BCUT2D eigenvalue weighted by atomic mass is 10.0. The van der Waals surface area contributed by atoms with Crippen LogP contribution in [0.2, 0.25) is 0 Å². The molecule has 4 nitrogen and oxygen atoms in total. The number of nitrogens with two attached hydrogens (primary N) is 1. The molecule has 0 spiro atoms. The molecule has 1 heterocycles. The van der Waals surface area contributed by atoms with Crippen LogP contribution in [-0.4, -0.2) is 25.1 Å². The third-order valence-corrected chi connectivity index (χ3v) is 3.10. The maximum Gasteiger partial charge on any atom is 0.323 e. The van der Waals surface area contributed by atoms with E-state index in [9.17, 15) is 4.79 Å². The number of carbonyl (C=O) groups is 1. The summed E-state index contributed by atoms with van der Waals surface area (Å²) in [6.07, 6.45) is 0.946. The van der Waals surface area contributed by atoms with Crippen LogP contribution in [-0.2, 0) is 16.1 Å². The number of ether oxygens (including phenoxy) is 1.